The second-order valence-electron chi connectivity index (χ2n) is 4.86. The maximum absolute atomic E-state index is 12.3. The third-order valence-electron chi connectivity index (χ3n) is 3.16. The second-order valence-corrected chi connectivity index (χ2v) is 5.78. The zero-order valence-corrected chi connectivity index (χ0v) is 14.5. The molecule has 2 aromatic rings. The van der Waals surface area contributed by atoms with Gasteiger partial charge in [0.05, 0.1) is 11.3 Å². The quantitative estimate of drug-likeness (QED) is 0.702. The van der Waals surface area contributed by atoms with Crippen molar-refractivity contribution in [3.05, 3.63) is 64.1 Å². The van der Waals surface area contributed by atoms with E-state index < -0.39 is 5.91 Å². The Morgan fingerprint density at radius 2 is 1.58 bits per heavy atom. The molecule has 3 N–H and O–H groups in total. The predicted molar refractivity (Wildman–Crippen MR) is 94.4 cm³/mol. The summed E-state index contributed by atoms with van der Waals surface area (Å²) >= 11 is 3.31. The van der Waals surface area contributed by atoms with Crippen LogP contribution in [-0.2, 0) is 4.79 Å². The lowest BCUT2D eigenvalue weighted by molar-refractivity contribution is -0.121. The van der Waals surface area contributed by atoms with Gasteiger partial charge in [-0.1, -0.05) is 35.0 Å². The lowest BCUT2D eigenvalue weighted by Crippen LogP contribution is -2.41. The first kappa shape index (κ1) is 17.7. The SMILES string of the molecule is CCC(=O)NNC(=O)c1ccccc1NC(=O)c1ccc(Br)cc1. The van der Waals surface area contributed by atoms with E-state index in [0.29, 0.717) is 11.3 Å². The normalized spacial score (nSPS) is 9.92. The van der Waals surface area contributed by atoms with Crippen LogP contribution in [0.25, 0.3) is 0 Å². The summed E-state index contributed by atoms with van der Waals surface area (Å²) in [5.41, 5.74) is 5.68. The number of nitrogens with one attached hydrogen (secondary N) is 3. The van der Waals surface area contributed by atoms with Crippen molar-refractivity contribution >= 4 is 39.3 Å². The fourth-order valence-electron chi connectivity index (χ4n) is 1.87. The highest BCUT2D eigenvalue weighted by molar-refractivity contribution is 9.10. The van der Waals surface area contributed by atoms with Gasteiger partial charge in [-0.2, -0.15) is 0 Å². The fraction of sp³-hybridized carbons (Fsp3) is 0.118. The summed E-state index contributed by atoms with van der Waals surface area (Å²) in [5.74, 6) is -1.15. The van der Waals surface area contributed by atoms with Gasteiger partial charge in [-0.3, -0.25) is 25.2 Å². The molecule has 3 amide bonds. The third-order valence-corrected chi connectivity index (χ3v) is 3.69. The van der Waals surface area contributed by atoms with Crippen LogP contribution in [0.5, 0.6) is 0 Å². The second kappa shape index (κ2) is 8.26. The molecule has 0 bridgehead atoms. The van der Waals surface area contributed by atoms with Crippen LogP contribution in [0.15, 0.2) is 53.0 Å². The van der Waals surface area contributed by atoms with Gasteiger partial charge in [-0.15, -0.1) is 0 Å². The van der Waals surface area contributed by atoms with Gasteiger partial charge < -0.3 is 5.32 Å². The van der Waals surface area contributed by atoms with E-state index in [1.807, 2.05) is 0 Å². The first-order chi connectivity index (χ1) is 11.5. The zero-order valence-electron chi connectivity index (χ0n) is 12.9. The molecule has 0 aromatic heterocycles. The highest BCUT2D eigenvalue weighted by Crippen LogP contribution is 2.17. The van der Waals surface area contributed by atoms with Crippen LogP contribution in [0.4, 0.5) is 5.69 Å². The summed E-state index contributed by atoms with van der Waals surface area (Å²) < 4.78 is 0.866. The molecule has 0 unspecified atom stereocenters. The van der Waals surface area contributed by atoms with Crippen LogP contribution in [0, 0.1) is 0 Å². The summed E-state index contributed by atoms with van der Waals surface area (Å²) in [5, 5.41) is 2.70. The number of halogens is 1. The Labute approximate surface area is 147 Å². The molecule has 0 aliphatic carbocycles. The minimum atomic E-state index is -0.511. The molecule has 124 valence electrons. The summed E-state index contributed by atoms with van der Waals surface area (Å²) in [6.45, 7) is 1.67. The lowest BCUT2D eigenvalue weighted by atomic mass is 10.1. The molecule has 6 nitrogen and oxygen atoms in total. The smallest absolute Gasteiger partial charge is 0.271 e. The molecule has 0 atom stereocenters. The third kappa shape index (κ3) is 4.66. The van der Waals surface area contributed by atoms with Gasteiger partial charge in [0.15, 0.2) is 0 Å². The van der Waals surface area contributed by atoms with Gasteiger partial charge >= 0.3 is 0 Å². The number of hydrogen-bond acceptors (Lipinski definition) is 3. The van der Waals surface area contributed by atoms with Gasteiger partial charge in [-0.05, 0) is 36.4 Å². The average Bonchev–Trinajstić information content (AvgIpc) is 2.60. The Hall–Kier alpha value is -2.67. The maximum atomic E-state index is 12.3. The van der Waals surface area contributed by atoms with Gasteiger partial charge in [0.25, 0.3) is 11.8 Å². The van der Waals surface area contributed by atoms with E-state index in [4.69, 9.17) is 0 Å². The van der Waals surface area contributed by atoms with Gasteiger partial charge in [0, 0.05) is 16.5 Å². The lowest BCUT2D eigenvalue weighted by Gasteiger charge is -2.12. The monoisotopic (exact) mass is 389 g/mol. The molecule has 7 heteroatoms. The van der Waals surface area contributed by atoms with Crippen LogP contribution in [0.1, 0.15) is 34.1 Å². The highest BCUT2D eigenvalue weighted by atomic mass is 79.9. The molecule has 0 aliphatic heterocycles. The van der Waals surface area contributed by atoms with E-state index >= 15 is 0 Å². The summed E-state index contributed by atoms with van der Waals surface area (Å²) in [7, 11) is 0. The van der Waals surface area contributed by atoms with Crippen molar-refractivity contribution in [1.29, 1.82) is 0 Å². The van der Waals surface area contributed by atoms with Crippen molar-refractivity contribution in [1.82, 2.24) is 10.9 Å². The van der Waals surface area contributed by atoms with Crippen molar-refractivity contribution in [3.63, 3.8) is 0 Å². The molecule has 0 saturated carbocycles. The van der Waals surface area contributed by atoms with Crippen LogP contribution in [-0.4, -0.2) is 17.7 Å². The van der Waals surface area contributed by atoms with Gasteiger partial charge in [0.1, 0.15) is 0 Å². The van der Waals surface area contributed by atoms with Crippen molar-refractivity contribution in [2.75, 3.05) is 5.32 Å². The topological polar surface area (TPSA) is 87.3 Å². The van der Waals surface area contributed by atoms with E-state index in [1.54, 1.807) is 55.5 Å². The Balaban J connectivity index is 2.13. The van der Waals surface area contributed by atoms with E-state index in [1.165, 1.54) is 0 Å². The molecular formula is C17H16BrN3O3. The first-order valence-electron chi connectivity index (χ1n) is 7.26. The standard InChI is InChI=1S/C17H16BrN3O3/c1-2-15(22)20-21-17(24)13-5-3-4-6-14(13)19-16(23)11-7-9-12(18)10-8-11/h3-10H,2H2,1H3,(H,19,23)(H,20,22)(H,21,24). The number of hydrogen-bond donors (Lipinski definition) is 3. The van der Waals surface area contributed by atoms with E-state index in [2.05, 4.69) is 32.1 Å². The molecule has 0 spiro atoms. The van der Waals surface area contributed by atoms with Crippen LogP contribution >= 0.6 is 15.9 Å². The first-order valence-corrected chi connectivity index (χ1v) is 8.05. The number of carbonyl (C=O) groups excluding carboxylic acids is 3. The number of benzene rings is 2. The number of amides is 3. The van der Waals surface area contributed by atoms with E-state index in [0.717, 1.165) is 4.47 Å². The highest BCUT2D eigenvalue weighted by Gasteiger charge is 2.14. The molecular weight excluding hydrogens is 374 g/mol. The largest absolute Gasteiger partial charge is 0.321 e. The molecule has 0 saturated heterocycles. The maximum Gasteiger partial charge on any atom is 0.271 e. The fourth-order valence-corrected chi connectivity index (χ4v) is 2.13. The number of hydrazine groups is 1. The number of anilines is 1. The Bertz CT molecular complexity index is 760. The van der Waals surface area contributed by atoms with Crippen molar-refractivity contribution in [2.24, 2.45) is 0 Å². The number of para-hydroxylation sites is 1. The summed E-state index contributed by atoms with van der Waals surface area (Å²) in [6.07, 6.45) is 0.252. The van der Waals surface area contributed by atoms with Crippen molar-refractivity contribution in [2.45, 2.75) is 13.3 Å². The Morgan fingerprint density at radius 1 is 0.917 bits per heavy atom. The van der Waals surface area contributed by atoms with Gasteiger partial charge in [0.2, 0.25) is 5.91 Å². The van der Waals surface area contributed by atoms with Crippen LogP contribution < -0.4 is 16.2 Å². The minimum Gasteiger partial charge on any atom is -0.321 e. The molecule has 24 heavy (non-hydrogen) atoms. The van der Waals surface area contributed by atoms with Gasteiger partial charge in [-0.25, -0.2) is 0 Å². The van der Waals surface area contributed by atoms with Crippen LogP contribution in [0.2, 0.25) is 0 Å². The number of rotatable bonds is 4. The Kier molecular flexibility index (Phi) is 6.08. The molecule has 0 radical (unpaired) electrons. The molecule has 0 aliphatic rings. The summed E-state index contributed by atoms with van der Waals surface area (Å²) in [6, 6.07) is 13.4. The van der Waals surface area contributed by atoms with Crippen LogP contribution in [0.3, 0.4) is 0 Å². The van der Waals surface area contributed by atoms with E-state index in [9.17, 15) is 14.4 Å². The zero-order chi connectivity index (χ0) is 17.5. The molecule has 2 rings (SSSR count). The van der Waals surface area contributed by atoms with Crippen molar-refractivity contribution < 1.29 is 14.4 Å². The predicted octanol–water partition coefficient (Wildman–Crippen LogP) is 2.87. The Morgan fingerprint density at radius 3 is 2.25 bits per heavy atom. The molecule has 0 fully saturated rings. The number of carbonyl (C=O) groups is 3. The average molecular weight is 390 g/mol. The van der Waals surface area contributed by atoms with E-state index in [-0.39, 0.29) is 23.8 Å². The van der Waals surface area contributed by atoms with Crippen molar-refractivity contribution in [3.8, 4) is 0 Å². The summed E-state index contributed by atoms with van der Waals surface area (Å²) in [4.78, 5) is 35.7. The molecule has 2 aromatic carbocycles. The minimum absolute atomic E-state index is 0.249. The molecule has 0 heterocycles.